The molecule has 0 saturated heterocycles. The summed E-state index contributed by atoms with van der Waals surface area (Å²) in [6.45, 7) is 20.3. The maximum absolute atomic E-state index is 6.60. The predicted octanol–water partition coefficient (Wildman–Crippen LogP) is 13.9. The first-order valence-corrected chi connectivity index (χ1v) is 20.8. The summed E-state index contributed by atoms with van der Waals surface area (Å²) in [4.78, 5) is 9.29. The average molecular weight is 979 g/mol. The molecule has 6 aromatic carbocycles. The van der Waals surface area contributed by atoms with Crippen molar-refractivity contribution in [2.45, 2.75) is 71.6 Å². The van der Waals surface area contributed by atoms with Crippen molar-refractivity contribution < 1.29 is 25.8 Å². The normalized spacial score (nSPS) is 13.4. The van der Waals surface area contributed by atoms with Gasteiger partial charge in [-0.05, 0) is 80.6 Å². The number of hydrogen-bond donors (Lipinski definition) is 0. The third-order valence-corrected chi connectivity index (χ3v) is 11.8. The van der Waals surface area contributed by atoms with E-state index in [0.29, 0.717) is 11.5 Å². The first kappa shape index (κ1) is 41.8. The van der Waals surface area contributed by atoms with Crippen LogP contribution in [0.1, 0.15) is 83.2 Å². The van der Waals surface area contributed by atoms with Crippen LogP contribution in [-0.2, 0) is 37.3 Å². The minimum atomic E-state index is -0.214. The summed E-state index contributed by atoms with van der Waals surface area (Å²) in [5.41, 5.74) is 10.9. The molecule has 2 aromatic heterocycles. The molecule has 5 nitrogen and oxygen atoms in total. The fourth-order valence-corrected chi connectivity index (χ4v) is 8.08. The Morgan fingerprint density at radius 3 is 1.98 bits per heavy atom. The molecule has 1 aliphatic rings. The molecule has 0 N–H and O–H groups in total. The van der Waals surface area contributed by atoms with E-state index in [9.17, 15) is 0 Å². The Morgan fingerprint density at radius 1 is 0.574 bits per heavy atom. The standard InChI is InChI=1S/C55H51N4O.Pt/c1-53(2,3)40-28-29-56-52(33-40)59-49-25-16-15-24-47(49)48-27-26-46(35-50(48)59)60-45-23-17-22-43(34-45)57-36-51(38-18-11-9-12-19-38)58(37-57)44-31-41(54(4,5)6)30-42(32-44)55(7,8)39-20-13-10-14-21-39;/h9-33,36-37H,1-8H3;/q-3;. The van der Waals surface area contributed by atoms with Gasteiger partial charge in [0.15, 0.2) is 0 Å². The summed E-state index contributed by atoms with van der Waals surface area (Å²) in [6, 6.07) is 58.5. The van der Waals surface area contributed by atoms with Gasteiger partial charge in [0.2, 0.25) is 0 Å². The number of hydrogen-bond acceptors (Lipinski definition) is 4. The van der Waals surface area contributed by atoms with Crippen molar-refractivity contribution in [1.82, 2.24) is 9.55 Å². The molecular formula is C55H51N4OPt-3. The molecule has 9 rings (SSSR count). The van der Waals surface area contributed by atoms with E-state index in [-0.39, 0.29) is 37.3 Å². The van der Waals surface area contributed by atoms with E-state index in [4.69, 9.17) is 9.72 Å². The molecule has 310 valence electrons. The minimum Gasteiger partial charge on any atom is -0.509 e. The van der Waals surface area contributed by atoms with Gasteiger partial charge in [0.25, 0.3) is 0 Å². The molecule has 8 aromatic rings. The number of pyridine rings is 1. The van der Waals surface area contributed by atoms with E-state index >= 15 is 0 Å². The molecule has 1 aliphatic heterocycles. The first-order valence-electron chi connectivity index (χ1n) is 20.8. The van der Waals surface area contributed by atoms with Crippen molar-refractivity contribution in [3.05, 3.63) is 205 Å². The zero-order valence-electron chi connectivity index (χ0n) is 36.1. The number of rotatable bonds is 8. The summed E-state index contributed by atoms with van der Waals surface area (Å²) in [5, 5.41) is 2.24. The third-order valence-electron chi connectivity index (χ3n) is 11.8. The molecule has 0 bridgehead atoms. The molecule has 0 fully saturated rings. The van der Waals surface area contributed by atoms with Crippen LogP contribution in [-0.4, -0.2) is 9.55 Å². The summed E-state index contributed by atoms with van der Waals surface area (Å²) in [7, 11) is 0. The first-order chi connectivity index (χ1) is 28.7. The SMILES string of the molecule is CC(C)(C)c1cc(N2[CH-]N(c3[c-]c(Oc4[c-]c5c(cc4)c4ccccc4n5-c4cc(C(C)(C)C)ccn4)ccc3)C=C2c2ccccc2)cc(C(C)(C)c2ccccc2)c1.[Pt]. The zero-order chi connectivity index (χ0) is 41.8. The molecule has 0 aliphatic carbocycles. The minimum absolute atomic E-state index is 0. The van der Waals surface area contributed by atoms with Crippen LogP contribution < -0.4 is 14.5 Å². The number of aromatic nitrogens is 2. The quantitative estimate of drug-likeness (QED) is 0.142. The zero-order valence-corrected chi connectivity index (χ0v) is 38.4. The van der Waals surface area contributed by atoms with Crippen LogP contribution >= 0.6 is 0 Å². The molecule has 0 saturated carbocycles. The van der Waals surface area contributed by atoms with E-state index in [1.165, 1.54) is 22.3 Å². The van der Waals surface area contributed by atoms with Crippen LogP contribution in [0.2, 0.25) is 0 Å². The van der Waals surface area contributed by atoms with Crippen molar-refractivity contribution in [1.29, 1.82) is 0 Å². The monoisotopic (exact) mass is 978 g/mol. The second-order valence-electron chi connectivity index (χ2n) is 18.4. The Morgan fingerprint density at radius 2 is 1.25 bits per heavy atom. The molecule has 0 spiro atoms. The Labute approximate surface area is 375 Å². The number of para-hydroxylation sites is 1. The van der Waals surface area contributed by atoms with Gasteiger partial charge >= 0.3 is 0 Å². The van der Waals surface area contributed by atoms with Gasteiger partial charge in [0, 0.05) is 61.1 Å². The second-order valence-corrected chi connectivity index (χ2v) is 18.4. The van der Waals surface area contributed by atoms with Crippen LogP contribution in [0.25, 0.3) is 33.3 Å². The van der Waals surface area contributed by atoms with Crippen LogP contribution in [0.15, 0.2) is 158 Å². The molecule has 0 radical (unpaired) electrons. The number of benzene rings is 6. The van der Waals surface area contributed by atoms with Crippen molar-refractivity contribution in [3.63, 3.8) is 0 Å². The van der Waals surface area contributed by atoms with Crippen LogP contribution in [0.4, 0.5) is 11.4 Å². The molecule has 0 amide bonds. The number of fused-ring (bicyclic) bond motifs is 3. The van der Waals surface area contributed by atoms with Gasteiger partial charge in [0.1, 0.15) is 5.82 Å². The Hall–Kier alpha value is -5.90. The molecule has 0 unspecified atom stereocenters. The summed E-state index contributed by atoms with van der Waals surface area (Å²) >= 11 is 0. The largest absolute Gasteiger partial charge is 0.509 e. The third kappa shape index (κ3) is 8.17. The molecule has 0 atom stereocenters. The number of nitrogens with zero attached hydrogens (tertiary/aromatic N) is 4. The van der Waals surface area contributed by atoms with Gasteiger partial charge in [-0.25, -0.2) is 4.98 Å². The van der Waals surface area contributed by atoms with Crippen LogP contribution in [0, 0.1) is 18.8 Å². The van der Waals surface area contributed by atoms with E-state index in [1.807, 2.05) is 24.4 Å². The topological polar surface area (TPSA) is 33.5 Å². The number of ether oxygens (including phenoxy) is 1. The Kier molecular flexibility index (Phi) is 11.1. The van der Waals surface area contributed by atoms with E-state index in [2.05, 4.69) is 222 Å². The maximum atomic E-state index is 6.60. The van der Waals surface area contributed by atoms with E-state index in [0.717, 1.165) is 50.3 Å². The Bertz CT molecular complexity index is 2880. The van der Waals surface area contributed by atoms with Crippen molar-refractivity contribution in [2.24, 2.45) is 0 Å². The van der Waals surface area contributed by atoms with Crippen LogP contribution in [0.3, 0.4) is 0 Å². The van der Waals surface area contributed by atoms with Gasteiger partial charge in [-0.15, -0.1) is 48.1 Å². The average Bonchev–Trinajstić information content (AvgIpc) is 3.84. The smallest absolute Gasteiger partial charge is 0.135 e. The summed E-state index contributed by atoms with van der Waals surface area (Å²) in [6.07, 6.45) is 4.09. The fraction of sp³-hybridized carbons (Fsp3) is 0.200. The van der Waals surface area contributed by atoms with Crippen molar-refractivity contribution in [2.75, 3.05) is 9.80 Å². The van der Waals surface area contributed by atoms with Gasteiger partial charge < -0.3 is 19.1 Å². The number of anilines is 2. The van der Waals surface area contributed by atoms with Crippen LogP contribution in [0.5, 0.6) is 11.5 Å². The van der Waals surface area contributed by atoms with Gasteiger partial charge in [-0.1, -0.05) is 146 Å². The summed E-state index contributed by atoms with van der Waals surface area (Å²) < 4.78 is 8.80. The van der Waals surface area contributed by atoms with E-state index < -0.39 is 0 Å². The molecule has 61 heavy (non-hydrogen) atoms. The van der Waals surface area contributed by atoms with Crippen molar-refractivity contribution >= 4 is 38.9 Å². The predicted molar refractivity (Wildman–Crippen MR) is 249 cm³/mol. The molecular weight excluding hydrogens is 928 g/mol. The second kappa shape index (κ2) is 16.2. The maximum Gasteiger partial charge on any atom is 0.135 e. The van der Waals surface area contributed by atoms with Gasteiger partial charge in [-0.2, -0.15) is 12.1 Å². The van der Waals surface area contributed by atoms with E-state index in [1.54, 1.807) is 0 Å². The fourth-order valence-electron chi connectivity index (χ4n) is 8.08. The molecule has 6 heteroatoms. The Balaban J connectivity index is 0.00000514. The van der Waals surface area contributed by atoms with Gasteiger partial charge in [0.05, 0.1) is 0 Å². The summed E-state index contributed by atoms with van der Waals surface area (Å²) in [5.74, 6) is 2.06. The van der Waals surface area contributed by atoms with Gasteiger partial charge in [-0.3, -0.25) is 0 Å². The molecule has 3 heterocycles. The van der Waals surface area contributed by atoms with Crippen molar-refractivity contribution in [3.8, 4) is 17.3 Å².